The number of carbonyl (C=O) groups excluding carboxylic acids is 1. The van der Waals surface area contributed by atoms with Crippen LogP contribution < -0.4 is 5.32 Å². The number of carbonyl (C=O) groups is 2. The summed E-state index contributed by atoms with van der Waals surface area (Å²) >= 11 is 1.51. The van der Waals surface area contributed by atoms with Crippen molar-refractivity contribution in [3.63, 3.8) is 0 Å². The van der Waals surface area contributed by atoms with Crippen LogP contribution in [0.1, 0.15) is 30.6 Å². The van der Waals surface area contributed by atoms with Gasteiger partial charge in [0, 0.05) is 11.8 Å². The number of amides is 1. The number of thioether (sulfide) groups is 1. The third-order valence-corrected chi connectivity index (χ3v) is 4.66. The fraction of sp³-hybridized carbons (Fsp3) is 0.429. The molecule has 0 radical (unpaired) electrons. The molecule has 0 fully saturated rings. The highest BCUT2D eigenvalue weighted by Crippen LogP contribution is 2.29. The van der Waals surface area contributed by atoms with Gasteiger partial charge in [-0.2, -0.15) is 5.10 Å². The lowest BCUT2D eigenvalue weighted by atomic mass is 10.2. The number of aliphatic carboxylic acids is 1. The maximum atomic E-state index is 12.1. The highest BCUT2D eigenvalue weighted by atomic mass is 32.2. The molecule has 0 saturated carbocycles. The highest BCUT2D eigenvalue weighted by Gasteiger charge is 2.21. The molecular weight excluding hydrogens is 320 g/mol. The van der Waals surface area contributed by atoms with E-state index in [-0.39, 0.29) is 17.0 Å². The van der Waals surface area contributed by atoms with Gasteiger partial charge in [0.15, 0.2) is 5.65 Å². The normalized spacial score (nSPS) is 12.3. The van der Waals surface area contributed by atoms with Gasteiger partial charge >= 0.3 is 5.97 Å². The molecule has 2 heterocycles. The summed E-state index contributed by atoms with van der Waals surface area (Å²) in [5.41, 5.74) is 0.108. The number of rotatable bonds is 7. The summed E-state index contributed by atoms with van der Waals surface area (Å²) in [6, 6.07) is 1.45. The van der Waals surface area contributed by atoms with Gasteiger partial charge in [-0.1, -0.05) is 20.3 Å². The molecule has 3 N–H and O–H groups in total. The zero-order valence-corrected chi connectivity index (χ0v) is 13.6. The van der Waals surface area contributed by atoms with E-state index in [4.69, 9.17) is 5.11 Å². The second-order valence-electron chi connectivity index (χ2n) is 5.14. The Morgan fingerprint density at radius 1 is 1.48 bits per heavy atom. The van der Waals surface area contributed by atoms with E-state index in [1.54, 1.807) is 0 Å². The van der Waals surface area contributed by atoms with Crippen molar-refractivity contribution in [2.75, 3.05) is 12.3 Å². The lowest BCUT2D eigenvalue weighted by molar-refractivity contribution is -0.135. The molecule has 124 valence electrons. The minimum absolute atomic E-state index is 0.0864. The minimum Gasteiger partial charge on any atom is -0.507 e. The van der Waals surface area contributed by atoms with Gasteiger partial charge in [-0.15, -0.1) is 11.8 Å². The Labute approximate surface area is 136 Å². The first-order chi connectivity index (χ1) is 10.9. The van der Waals surface area contributed by atoms with E-state index >= 15 is 0 Å². The molecule has 1 amide bonds. The van der Waals surface area contributed by atoms with Crippen molar-refractivity contribution in [3.05, 3.63) is 18.0 Å². The van der Waals surface area contributed by atoms with Gasteiger partial charge in [0.05, 0.1) is 0 Å². The zero-order chi connectivity index (χ0) is 17.0. The predicted octanol–water partition coefficient (Wildman–Crippen LogP) is 1.39. The standard InChI is InChI=1S/C14H18N4O4S/c1-3-8(2)6-23-10-4-9(19)12(13-16-7-17-18(10)13)14(22)15-5-11(20)21/h4,7-8,19H,3,5-6H2,1-2H3,(H,15,22)(H,20,21). The number of aromatic hydroxyl groups is 1. The minimum atomic E-state index is -1.17. The summed E-state index contributed by atoms with van der Waals surface area (Å²) in [6.45, 7) is 3.69. The molecular formula is C14H18N4O4S. The first-order valence-corrected chi connectivity index (χ1v) is 8.11. The van der Waals surface area contributed by atoms with Crippen LogP contribution in [0.25, 0.3) is 5.65 Å². The predicted molar refractivity (Wildman–Crippen MR) is 84.8 cm³/mol. The van der Waals surface area contributed by atoms with Crippen LogP contribution in [0.15, 0.2) is 17.4 Å². The Morgan fingerprint density at radius 3 is 2.87 bits per heavy atom. The summed E-state index contributed by atoms with van der Waals surface area (Å²) in [5.74, 6) is -0.785. The Kier molecular flexibility index (Phi) is 5.43. The number of carboxylic acids is 1. The SMILES string of the molecule is CCC(C)CSc1cc(O)c(C(=O)NCC(=O)O)c2ncnn12. The fourth-order valence-corrected chi connectivity index (χ4v) is 2.99. The molecule has 2 aromatic rings. The van der Waals surface area contributed by atoms with E-state index < -0.39 is 18.4 Å². The molecule has 0 aromatic carbocycles. The van der Waals surface area contributed by atoms with Gasteiger partial charge in [-0.25, -0.2) is 9.50 Å². The van der Waals surface area contributed by atoms with E-state index in [0.29, 0.717) is 10.9 Å². The quantitative estimate of drug-likeness (QED) is 0.653. The van der Waals surface area contributed by atoms with Gasteiger partial charge in [-0.05, 0) is 5.92 Å². The molecule has 23 heavy (non-hydrogen) atoms. The highest BCUT2D eigenvalue weighted by molar-refractivity contribution is 7.99. The van der Waals surface area contributed by atoms with Gasteiger partial charge in [-0.3, -0.25) is 9.59 Å². The number of carboxylic acid groups (broad SMARTS) is 1. The van der Waals surface area contributed by atoms with Crippen LogP contribution in [-0.2, 0) is 4.79 Å². The second-order valence-corrected chi connectivity index (χ2v) is 6.18. The van der Waals surface area contributed by atoms with Crippen LogP contribution in [0.4, 0.5) is 0 Å². The molecule has 0 aliphatic rings. The molecule has 8 nitrogen and oxygen atoms in total. The van der Waals surface area contributed by atoms with Crippen molar-refractivity contribution >= 4 is 29.3 Å². The summed E-state index contributed by atoms with van der Waals surface area (Å²) in [6.07, 6.45) is 2.32. The molecule has 0 aliphatic carbocycles. The molecule has 2 rings (SSSR count). The van der Waals surface area contributed by atoms with Crippen LogP contribution >= 0.6 is 11.8 Å². The van der Waals surface area contributed by atoms with Crippen LogP contribution in [0.2, 0.25) is 0 Å². The number of nitrogens with one attached hydrogen (secondary N) is 1. The topological polar surface area (TPSA) is 117 Å². The van der Waals surface area contributed by atoms with Crippen molar-refractivity contribution in [2.24, 2.45) is 5.92 Å². The fourth-order valence-electron chi connectivity index (χ4n) is 1.85. The molecule has 1 unspecified atom stereocenters. The van der Waals surface area contributed by atoms with Crippen molar-refractivity contribution in [1.29, 1.82) is 0 Å². The summed E-state index contributed by atoms with van der Waals surface area (Å²) in [4.78, 5) is 26.6. The molecule has 0 spiro atoms. The number of hydrogen-bond donors (Lipinski definition) is 3. The number of fused-ring (bicyclic) bond motifs is 1. The van der Waals surface area contributed by atoms with Crippen LogP contribution in [0, 0.1) is 5.92 Å². The Morgan fingerprint density at radius 2 is 2.22 bits per heavy atom. The van der Waals surface area contributed by atoms with Crippen molar-refractivity contribution < 1.29 is 19.8 Å². The van der Waals surface area contributed by atoms with Gasteiger partial charge in [0.25, 0.3) is 5.91 Å². The largest absolute Gasteiger partial charge is 0.507 e. The van der Waals surface area contributed by atoms with E-state index in [2.05, 4.69) is 29.2 Å². The number of nitrogens with zero attached hydrogens (tertiary/aromatic N) is 3. The van der Waals surface area contributed by atoms with Gasteiger partial charge < -0.3 is 15.5 Å². The van der Waals surface area contributed by atoms with E-state index in [1.807, 2.05) is 0 Å². The molecule has 9 heteroatoms. The van der Waals surface area contributed by atoms with E-state index in [1.165, 1.54) is 28.7 Å². The summed E-state index contributed by atoms with van der Waals surface area (Å²) in [5, 5.41) is 25.8. The van der Waals surface area contributed by atoms with E-state index in [9.17, 15) is 14.7 Å². The molecule has 0 aliphatic heterocycles. The molecule has 0 saturated heterocycles. The Hall–Kier alpha value is -2.29. The maximum Gasteiger partial charge on any atom is 0.322 e. The van der Waals surface area contributed by atoms with Gasteiger partial charge in [0.2, 0.25) is 0 Å². The van der Waals surface area contributed by atoms with Gasteiger partial charge in [0.1, 0.15) is 29.2 Å². The number of pyridine rings is 1. The zero-order valence-electron chi connectivity index (χ0n) is 12.8. The smallest absolute Gasteiger partial charge is 0.322 e. The summed E-state index contributed by atoms with van der Waals surface area (Å²) in [7, 11) is 0. The van der Waals surface area contributed by atoms with Crippen LogP contribution in [0.3, 0.4) is 0 Å². The van der Waals surface area contributed by atoms with Crippen molar-refractivity contribution in [2.45, 2.75) is 25.3 Å². The number of hydrogen-bond acceptors (Lipinski definition) is 6. The average Bonchev–Trinajstić information content (AvgIpc) is 2.99. The van der Waals surface area contributed by atoms with Crippen molar-refractivity contribution in [1.82, 2.24) is 19.9 Å². The third kappa shape index (κ3) is 3.92. The first kappa shape index (κ1) is 17.1. The lowest BCUT2D eigenvalue weighted by Gasteiger charge is -2.12. The second kappa shape index (κ2) is 7.32. The molecule has 1 atom stereocenters. The van der Waals surface area contributed by atoms with Crippen LogP contribution in [-0.4, -0.2) is 49.0 Å². The third-order valence-electron chi connectivity index (χ3n) is 3.34. The van der Waals surface area contributed by atoms with Crippen molar-refractivity contribution in [3.8, 4) is 5.75 Å². The monoisotopic (exact) mass is 338 g/mol. The maximum absolute atomic E-state index is 12.1. The summed E-state index contributed by atoms with van der Waals surface area (Å²) < 4.78 is 1.47. The molecule has 0 bridgehead atoms. The Balaban J connectivity index is 2.34. The van der Waals surface area contributed by atoms with Crippen LogP contribution in [0.5, 0.6) is 5.75 Å². The lowest BCUT2D eigenvalue weighted by Crippen LogP contribution is -2.29. The van der Waals surface area contributed by atoms with E-state index in [0.717, 1.165) is 12.2 Å². The Bertz CT molecular complexity index is 731. The first-order valence-electron chi connectivity index (χ1n) is 7.12. The molecule has 2 aromatic heterocycles. The number of aromatic nitrogens is 3. The average molecular weight is 338 g/mol.